The molecule has 0 radical (unpaired) electrons. The van der Waals surface area contributed by atoms with Crippen LogP contribution < -0.4 is 0 Å². The molecule has 158 valence electrons. The summed E-state index contributed by atoms with van der Waals surface area (Å²) < 4.78 is 15.6. The highest BCUT2D eigenvalue weighted by Crippen LogP contribution is 2.12. The number of ketones is 1. The molecule has 0 aliphatic carbocycles. The minimum Gasteiger partial charge on any atom is -0.462 e. The Morgan fingerprint density at radius 1 is 0.833 bits per heavy atom. The van der Waals surface area contributed by atoms with Gasteiger partial charge in [-0.2, -0.15) is 0 Å². The molecule has 0 saturated carbocycles. The van der Waals surface area contributed by atoms with E-state index in [0.29, 0.717) is 28.9 Å². The summed E-state index contributed by atoms with van der Waals surface area (Å²) in [5.41, 5.74) is 1.81. The van der Waals surface area contributed by atoms with Crippen molar-refractivity contribution in [2.45, 2.75) is 13.8 Å². The second-order valence-corrected chi connectivity index (χ2v) is 6.97. The predicted molar refractivity (Wildman–Crippen MR) is 112 cm³/mol. The molecule has 1 atom stereocenters. The number of ether oxygens (including phenoxy) is 3. The molecule has 0 amide bonds. The van der Waals surface area contributed by atoms with Crippen molar-refractivity contribution in [1.29, 1.82) is 0 Å². The van der Waals surface area contributed by atoms with Crippen LogP contribution in [-0.2, 0) is 19.0 Å². The summed E-state index contributed by atoms with van der Waals surface area (Å²) >= 11 is 0. The molecule has 0 aliphatic heterocycles. The summed E-state index contributed by atoms with van der Waals surface area (Å²) in [4.78, 5) is 35.8. The SMILES string of the molecule is C=C(C)C(=O)OCCOCC(C)COC(=O)c1ccc(C(=O)c2ccccc2)cc1. The predicted octanol–water partition coefficient (Wildman–Crippen LogP) is 3.85. The van der Waals surface area contributed by atoms with Crippen LogP contribution in [0.4, 0.5) is 0 Å². The lowest BCUT2D eigenvalue weighted by Gasteiger charge is -2.13. The second kappa shape index (κ2) is 11.7. The van der Waals surface area contributed by atoms with Gasteiger partial charge in [-0.15, -0.1) is 0 Å². The maximum Gasteiger partial charge on any atom is 0.338 e. The number of hydrogen-bond acceptors (Lipinski definition) is 6. The monoisotopic (exact) mass is 410 g/mol. The zero-order valence-electron chi connectivity index (χ0n) is 17.3. The second-order valence-electron chi connectivity index (χ2n) is 6.97. The summed E-state index contributed by atoms with van der Waals surface area (Å²) in [6, 6.07) is 15.3. The van der Waals surface area contributed by atoms with Crippen molar-refractivity contribution >= 4 is 17.7 Å². The van der Waals surface area contributed by atoms with E-state index in [1.165, 1.54) is 0 Å². The molecular formula is C24H26O6. The first-order valence-electron chi connectivity index (χ1n) is 9.65. The zero-order valence-corrected chi connectivity index (χ0v) is 17.3. The van der Waals surface area contributed by atoms with Gasteiger partial charge in [0.05, 0.1) is 25.4 Å². The van der Waals surface area contributed by atoms with Gasteiger partial charge in [0.15, 0.2) is 5.78 Å². The van der Waals surface area contributed by atoms with Crippen molar-refractivity contribution in [2.24, 2.45) is 5.92 Å². The van der Waals surface area contributed by atoms with Crippen LogP contribution in [0.2, 0.25) is 0 Å². The molecule has 2 aromatic carbocycles. The van der Waals surface area contributed by atoms with Crippen molar-refractivity contribution in [3.63, 3.8) is 0 Å². The highest BCUT2D eigenvalue weighted by Gasteiger charge is 2.13. The summed E-state index contributed by atoms with van der Waals surface area (Å²) in [6.45, 7) is 7.91. The maximum absolute atomic E-state index is 12.4. The normalized spacial score (nSPS) is 11.4. The standard InChI is InChI=1S/C24H26O6/c1-17(2)23(26)29-14-13-28-15-18(3)16-30-24(27)21-11-9-20(10-12-21)22(25)19-7-5-4-6-8-19/h4-12,18H,1,13-16H2,2-3H3. The molecule has 0 spiro atoms. The van der Waals surface area contributed by atoms with Gasteiger partial charge in [0.1, 0.15) is 6.61 Å². The van der Waals surface area contributed by atoms with Crippen LogP contribution in [0, 0.1) is 5.92 Å². The van der Waals surface area contributed by atoms with Gasteiger partial charge in [-0.1, -0.05) is 56.0 Å². The van der Waals surface area contributed by atoms with E-state index in [2.05, 4.69) is 6.58 Å². The first-order valence-corrected chi connectivity index (χ1v) is 9.65. The Hall–Kier alpha value is -3.25. The number of carbonyl (C=O) groups excluding carboxylic acids is 3. The van der Waals surface area contributed by atoms with Crippen LogP contribution in [-0.4, -0.2) is 44.1 Å². The highest BCUT2D eigenvalue weighted by atomic mass is 16.6. The Balaban J connectivity index is 1.72. The average Bonchev–Trinajstić information content (AvgIpc) is 2.77. The van der Waals surface area contributed by atoms with Gasteiger partial charge in [0.25, 0.3) is 0 Å². The molecule has 30 heavy (non-hydrogen) atoms. The van der Waals surface area contributed by atoms with Crippen molar-refractivity contribution < 1.29 is 28.6 Å². The Labute approximate surface area is 176 Å². The lowest BCUT2D eigenvalue weighted by molar-refractivity contribution is -0.140. The third-order valence-electron chi connectivity index (χ3n) is 4.13. The zero-order chi connectivity index (χ0) is 21.9. The Morgan fingerprint density at radius 2 is 1.43 bits per heavy atom. The van der Waals surface area contributed by atoms with E-state index in [-0.39, 0.29) is 31.5 Å². The summed E-state index contributed by atoms with van der Waals surface area (Å²) in [5.74, 6) is -1.03. The quantitative estimate of drug-likeness (QED) is 0.242. The summed E-state index contributed by atoms with van der Waals surface area (Å²) in [6.07, 6.45) is 0. The fraction of sp³-hybridized carbons (Fsp3) is 0.292. The third-order valence-corrected chi connectivity index (χ3v) is 4.13. The van der Waals surface area contributed by atoms with E-state index in [9.17, 15) is 14.4 Å². The molecule has 0 bridgehead atoms. The molecule has 2 aromatic rings. The molecule has 0 heterocycles. The molecule has 6 heteroatoms. The lowest BCUT2D eigenvalue weighted by Crippen LogP contribution is -2.18. The van der Waals surface area contributed by atoms with Gasteiger partial charge in [-0.25, -0.2) is 9.59 Å². The van der Waals surface area contributed by atoms with Gasteiger partial charge in [-0.3, -0.25) is 4.79 Å². The van der Waals surface area contributed by atoms with Gasteiger partial charge in [0.2, 0.25) is 0 Å². The average molecular weight is 410 g/mol. The van der Waals surface area contributed by atoms with E-state index >= 15 is 0 Å². The highest BCUT2D eigenvalue weighted by molar-refractivity contribution is 6.09. The van der Waals surface area contributed by atoms with Crippen molar-refractivity contribution in [1.82, 2.24) is 0 Å². The van der Waals surface area contributed by atoms with Crippen molar-refractivity contribution in [3.8, 4) is 0 Å². The fourth-order valence-corrected chi connectivity index (χ4v) is 2.46. The van der Waals surface area contributed by atoms with Crippen LogP contribution in [0.3, 0.4) is 0 Å². The first kappa shape index (κ1) is 23.0. The fourth-order valence-electron chi connectivity index (χ4n) is 2.46. The van der Waals surface area contributed by atoms with Gasteiger partial charge in [-0.05, 0) is 19.1 Å². The van der Waals surface area contributed by atoms with Crippen molar-refractivity contribution in [2.75, 3.05) is 26.4 Å². The van der Waals surface area contributed by atoms with Crippen LogP contribution in [0.5, 0.6) is 0 Å². The third kappa shape index (κ3) is 7.29. The summed E-state index contributed by atoms with van der Waals surface area (Å²) in [7, 11) is 0. The number of hydrogen-bond donors (Lipinski definition) is 0. The van der Waals surface area contributed by atoms with E-state index < -0.39 is 11.9 Å². The van der Waals surface area contributed by atoms with Crippen LogP contribution in [0.25, 0.3) is 0 Å². The number of rotatable bonds is 11. The molecule has 1 unspecified atom stereocenters. The molecule has 0 saturated heterocycles. The topological polar surface area (TPSA) is 78.9 Å². The minimum atomic E-state index is -0.462. The van der Waals surface area contributed by atoms with Crippen LogP contribution in [0.1, 0.15) is 40.1 Å². The largest absolute Gasteiger partial charge is 0.462 e. The summed E-state index contributed by atoms with van der Waals surface area (Å²) in [5, 5.41) is 0. The molecule has 0 fully saturated rings. The minimum absolute atomic E-state index is 0.0234. The van der Waals surface area contributed by atoms with Gasteiger partial charge >= 0.3 is 11.9 Å². The Bertz CT molecular complexity index is 870. The molecule has 6 nitrogen and oxygen atoms in total. The van der Waals surface area contributed by atoms with Gasteiger partial charge < -0.3 is 14.2 Å². The Kier molecular flexibility index (Phi) is 8.97. The molecular weight excluding hydrogens is 384 g/mol. The number of esters is 2. The van der Waals surface area contributed by atoms with Crippen LogP contribution in [0.15, 0.2) is 66.7 Å². The molecule has 0 aliphatic rings. The van der Waals surface area contributed by atoms with Crippen LogP contribution >= 0.6 is 0 Å². The molecule has 0 aromatic heterocycles. The Morgan fingerprint density at radius 3 is 2.07 bits per heavy atom. The van der Waals surface area contributed by atoms with E-state index in [4.69, 9.17) is 14.2 Å². The maximum atomic E-state index is 12.4. The van der Waals surface area contributed by atoms with E-state index in [1.54, 1.807) is 55.5 Å². The molecule has 2 rings (SSSR count). The van der Waals surface area contributed by atoms with Crippen molar-refractivity contribution in [3.05, 3.63) is 83.4 Å². The smallest absolute Gasteiger partial charge is 0.338 e. The number of benzene rings is 2. The first-order chi connectivity index (χ1) is 14.4. The van der Waals surface area contributed by atoms with E-state index in [0.717, 1.165) is 0 Å². The molecule has 0 N–H and O–H groups in total. The lowest BCUT2D eigenvalue weighted by atomic mass is 10.0. The van der Waals surface area contributed by atoms with E-state index in [1.807, 2.05) is 13.0 Å². The van der Waals surface area contributed by atoms with Gasteiger partial charge in [0, 0.05) is 22.6 Å². The number of carbonyl (C=O) groups is 3.